The van der Waals surface area contributed by atoms with Gasteiger partial charge in [0.2, 0.25) is 0 Å². The molecule has 0 N–H and O–H groups in total. The van der Waals surface area contributed by atoms with Crippen LogP contribution in [-0.4, -0.2) is 10.5 Å². The number of rotatable bonds is 4. The summed E-state index contributed by atoms with van der Waals surface area (Å²) in [5.41, 5.74) is 2.05. The Morgan fingerprint density at radius 3 is 2.19 bits per heavy atom. The highest BCUT2D eigenvalue weighted by atomic mass is 16.5. The molecule has 32 heavy (non-hydrogen) atoms. The Morgan fingerprint density at radius 2 is 1.53 bits per heavy atom. The SMILES string of the molecule is CCc1cc(=O)oc2cc(OC(=O)Cn3c4ccccc4c(=O)c4ccccc43)ccc12. The molecule has 2 heterocycles. The first-order chi connectivity index (χ1) is 15.5. The number of hydrogen-bond donors (Lipinski definition) is 0. The van der Waals surface area contributed by atoms with Crippen molar-refractivity contribution in [3.8, 4) is 5.75 Å². The van der Waals surface area contributed by atoms with Crippen molar-refractivity contribution in [3.05, 3.63) is 99.0 Å². The maximum absolute atomic E-state index is 12.9. The summed E-state index contributed by atoms with van der Waals surface area (Å²) in [6, 6.07) is 20.9. The Morgan fingerprint density at radius 1 is 0.875 bits per heavy atom. The molecule has 0 spiro atoms. The quantitative estimate of drug-likeness (QED) is 0.184. The Labute approximate surface area is 182 Å². The van der Waals surface area contributed by atoms with Gasteiger partial charge in [-0.2, -0.15) is 0 Å². The van der Waals surface area contributed by atoms with Crippen molar-refractivity contribution in [2.45, 2.75) is 19.9 Å². The van der Waals surface area contributed by atoms with Crippen LogP contribution in [0.1, 0.15) is 12.5 Å². The topological polar surface area (TPSA) is 78.5 Å². The molecule has 0 aliphatic rings. The molecule has 6 heteroatoms. The highest BCUT2D eigenvalue weighted by molar-refractivity contribution is 5.94. The third-order valence-electron chi connectivity index (χ3n) is 5.58. The molecule has 158 valence electrons. The Hall–Kier alpha value is -4.19. The van der Waals surface area contributed by atoms with E-state index >= 15 is 0 Å². The summed E-state index contributed by atoms with van der Waals surface area (Å²) in [6.45, 7) is 1.87. The predicted octanol–water partition coefficient (Wildman–Crippen LogP) is 4.43. The summed E-state index contributed by atoms with van der Waals surface area (Å²) in [7, 11) is 0. The smallest absolute Gasteiger partial charge is 0.336 e. The molecule has 2 aromatic heterocycles. The van der Waals surface area contributed by atoms with Crippen LogP contribution in [0.25, 0.3) is 32.8 Å². The minimum atomic E-state index is -0.503. The first kappa shape index (κ1) is 19.8. The van der Waals surface area contributed by atoms with Gasteiger partial charge >= 0.3 is 11.6 Å². The number of hydrogen-bond acceptors (Lipinski definition) is 5. The molecule has 6 nitrogen and oxygen atoms in total. The van der Waals surface area contributed by atoms with E-state index in [0.717, 1.165) is 10.9 Å². The number of carbonyl (C=O) groups excluding carboxylic acids is 1. The van der Waals surface area contributed by atoms with E-state index in [-0.39, 0.29) is 17.7 Å². The first-order valence-electron chi connectivity index (χ1n) is 10.3. The molecule has 0 saturated heterocycles. The van der Waals surface area contributed by atoms with Gasteiger partial charge in [0.25, 0.3) is 0 Å². The van der Waals surface area contributed by atoms with Gasteiger partial charge in [-0.25, -0.2) is 9.59 Å². The van der Waals surface area contributed by atoms with E-state index in [9.17, 15) is 14.4 Å². The van der Waals surface area contributed by atoms with Gasteiger partial charge in [-0.05, 0) is 48.4 Å². The third-order valence-corrected chi connectivity index (χ3v) is 5.58. The number of fused-ring (bicyclic) bond motifs is 3. The number of para-hydroxylation sites is 2. The van der Waals surface area contributed by atoms with Gasteiger partial charge in [0.15, 0.2) is 5.43 Å². The molecule has 0 unspecified atom stereocenters. The van der Waals surface area contributed by atoms with Crippen LogP contribution < -0.4 is 15.8 Å². The van der Waals surface area contributed by atoms with Gasteiger partial charge in [0.05, 0.1) is 11.0 Å². The van der Waals surface area contributed by atoms with Crippen LogP contribution in [0.15, 0.2) is 86.8 Å². The van der Waals surface area contributed by atoms with E-state index in [1.807, 2.05) is 31.2 Å². The summed E-state index contributed by atoms with van der Waals surface area (Å²) < 4.78 is 12.6. The van der Waals surface area contributed by atoms with Crippen molar-refractivity contribution in [1.29, 1.82) is 0 Å². The molecule has 5 rings (SSSR count). The zero-order valence-corrected chi connectivity index (χ0v) is 17.3. The van der Waals surface area contributed by atoms with E-state index in [1.54, 1.807) is 47.0 Å². The minimum absolute atomic E-state index is 0.0721. The maximum Gasteiger partial charge on any atom is 0.336 e. The van der Waals surface area contributed by atoms with Gasteiger partial charge in [0, 0.05) is 28.3 Å². The summed E-state index contributed by atoms with van der Waals surface area (Å²) in [6.07, 6.45) is 0.688. The van der Waals surface area contributed by atoms with Crippen LogP contribution >= 0.6 is 0 Å². The number of carbonyl (C=O) groups is 1. The molecule has 5 aromatic rings. The zero-order chi connectivity index (χ0) is 22.2. The predicted molar refractivity (Wildman–Crippen MR) is 123 cm³/mol. The summed E-state index contributed by atoms with van der Waals surface area (Å²) in [5, 5.41) is 1.89. The van der Waals surface area contributed by atoms with Crippen molar-refractivity contribution < 1.29 is 13.9 Å². The van der Waals surface area contributed by atoms with Crippen LogP contribution in [0.3, 0.4) is 0 Å². The normalized spacial score (nSPS) is 11.3. The molecule has 0 amide bonds. The number of nitrogens with zero attached hydrogens (tertiary/aromatic N) is 1. The number of aromatic nitrogens is 1. The largest absolute Gasteiger partial charge is 0.425 e. The fourth-order valence-corrected chi connectivity index (χ4v) is 4.11. The number of ether oxygens (including phenoxy) is 1. The lowest BCUT2D eigenvalue weighted by Crippen LogP contribution is -2.20. The number of benzene rings is 3. The van der Waals surface area contributed by atoms with Crippen molar-refractivity contribution in [1.82, 2.24) is 4.57 Å². The minimum Gasteiger partial charge on any atom is -0.425 e. The van der Waals surface area contributed by atoms with Crippen molar-refractivity contribution in [3.63, 3.8) is 0 Å². The van der Waals surface area contributed by atoms with Crippen molar-refractivity contribution >= 4 is 38.7 Å². The Balaban J connectivity index is 1.54. The van der Waals surface area contributed by atoms with E-state index in [2.05, 4.69) is 0 Å². The van der Waals surface area contributed by atoms with Crippen molar-refractivity contribution in [2.24, 2.45) is 0 Å². The average Bonchev–Trinajstić information content (AvgIpc) is 2.81. The average molecular weight is 425 g/mol. The molecule has 0 atom stereocenters. The van der Waals surface area contributed by atoms with Crippen LogP contribution in [0.2, 0.25) is 0 Å². The van der Waals surface area contributed by atoms with Gasteiger partial charge in [0.1, 0.15) is 17.9 Å². The maximum atomic E-state index is 12.9. The third kappa shape index (κ3) is 3.36. The highest BCUT2D eigenvalue weighted by Gasteiger charge is 2.15. The molecule has 0 fully saturated rings. The van der Waals surface area contributed by atoms with Gasteiger partial charge in [-0.15, -0.1) is 0 Å². The first-order valence-corrected chi connectivity index (χ1v) is 10.3. The number of pyridine rings is 1. The Bertz CT molecular complexity index is 1570. The fraction of sp³-hybridized carbons (Fsp3) is 0.115. The molecule has 0 aliphatic heterocycles. The molecular formula is C26H19NO5. The molecule has 0 radical (unpaired) electrons. The van der Waals surface area contributed by atoms with Crippen LogP contribution in [0.5, 0.6) is 5.75 Å². The van der Waals surface area contributed by atoms with Gasteiger partial charge < -0.3 is 13.7 Å². The number of aryl methyl sites for hydroxylation is 1. The lowest BCUT2D eigenvalue weighted by atomic mass is 10.1. The second-order valence-electron chi connectivity index (χ2n) is 7.53. The number of esters is 1. The molecule has 3 aromatic carbocycles. The highest BCUT2D eigenvalue weighted by Crippen LogP contribution is 2.24. The second-order valence-corrected chi connectivity index (χ2v) is 7.53. The Kier molecular flexibility index (Phi) is 4.82. The van der Waals surface area contributed by atoms with E-state index < -0.39 is 11.6 Å². The summed E-state index contributed by atoms with van der Waals surface area (Å²) in [4.78, 5) is 37.5. The standard InChI is InChI=1S/C26H19NO5/c1-2-16-13-24(28)32-23-14-17(11-12-18(16)23)31-25(29)15-27-21-9-5-3-7-19(21)26(30)20-8-4-6-10-22(20)27/h3-14H,2,15H2,1H3. The molecular weight excluding hydrogens is 406 g/mol. The summed E-state index contributed by atoms with van der Waals surface area (Å²) in [5.74, 6) is -0.217. The van der Waals surface area contributed by atoms with Gasteiger partial charge in [-0.3, -0.25) is 4.79 Å². The molecule has 0 aliphatic carbocycles. The van der Waals surface area contributed by atoms with Crippen molar-refractivity contribution in [2.75, 3.05) is 0 Å². The fourth-order valence-electron chi connectivity index (χ4n) is 4.11. The second kappa shape index (κ2) is 7.81. The lowest BCUT2D eigenvalue weighted by molar-refractivity contribution is -0.134. The molecule has 0 bridgehead atoms. The molecule has 0 saturated carbocycles. The van der Waals surface area contributed by atoms with Crippen LogP contribution in [0, 0.1) is 0 Å². The van der Waals surface area contributed by atoms with E-state index in [4.69, 9.17) is 9.15 Å². The monoisotopic (exact) mass is 425 g/mol. The van der Waals surface area contributed by atoms with E-state index in [1.165, 1.54) is 6.07 Å². The van der Waals surface area contributed by atoms with Gasteiger partial charge in [-0.1, -0.05) is 31.2 Å². The van der Waals surface area contributed by atoms with E-state index in [0.29, 0.717) is 33.8 Å². The van der Waals surface area contributed by atoms with Crippen LogP contribution in [0.4, 0.5) is 0 Å². The zero-order valence-electron chi connectivity index (χ0n) is 17.3. The summed E-state index contributed by atoms with van der Waals surface area (Å²) >= 11 is 0. The van der Waals surface area contributed by atoms with Crippen LogP contribution in [-0.2, 0) is 17.8 Å². The lowest BCUT2D eigenvalue weighted by Gasteiger charge is -2.14.